The van der Waals surface area contributed by atoms with Gasteiger partial charge in [0.1, 0.15) is 5.75 Å². The quantitative estimate of drug-likeness (QED) is 0.291. The first-order chi connectivity index (χ1) is 15.3. The second kappa shape index (κ2) is 12.7. The van der Waals surface area contributed by atoms with E-state index in [2.05, 4.69) is 39.8 Å². The number of anilines is 1. The van der Waals surface area contributed by atoms with Gasteiger partial charge in [-0.05, 0) is 68.4 Å². The highest BCUT2D eigenvalue weighted by Crippen LogP contribution is 2.19. The summed E-state index contributed by atoms with van der Waals surface area (Å²) in [4.78, 5) is 19.0. The van der Waals surface area contributed by atoms with E-state index >= 15 is 0 Å². The van der Waals surface area contributed by atoms with Gasteiger partial charge in [-0.2, -0.15) is 0 Å². The highest BCUT2D eigenvalue weighted by molar-refractivity contribution is 14.0. The number of para-hydroxylation sites is 1. The van der Waals surface area contributed by atoms with Gasteiger partial charge in [0.05, 0.1) is 0 Å². The molecule has 0 aromatic heterocycles. The number of nitrogens with zero attached hydrogens (tertiary/aromatic N) is 2. The van der Waals surface area contributed by atoms with Crippen molar-refractivity contribution in [3.05, 3.63) is 60.2 Å². The van der Waals surface area contributed by atoms with Crippen molar-refractivity contribution in [2.45, 2.75) is 44.6 Å². The van der Waals surface area contributed by atoms with Crippen molar-refractivity contribution >= 4 is 41.5 Å². The highest BCUT2D eigenvalue weighted by Gasteiger charge is 2.23. The summed E-state index contributed by atoms with van der Waals surface area (Å²) in [5.74, 6) is 1.64. The van der Waals surface area contributed by atoms with E-state index < -0.39 is 0 Å². The fraction of sp³-hybridized carbons (Fsp3) is 0.440. The largest absolute Gasteiger partial charge is 0.484 e. The Labute approximate surface area is 207 Å². The Morgan fingerprint density at radius 2 is 1.72 bits per heavy atom. The maximum Gasteiger partial charge on any atom is 0.258 e. The maximum atomic E-state index is 11.7. The molecule has 2 N–H and O–H groups in total. The lowest BCUT2D eigenvalue weighted by molar-refractivity contribution is -0.123. The number of likely N-dealkylation sites (tertiary alicyclic amines) is 1. The van der Waals surface area contributed by atoms with Gasteiger partial charge in [-0.25, -0.2) is 0 Å². The molecular formula is C25H33IN4O2. The molecular weight excluding hydrogens is 515 g/mol. The molecule has 6 nitrogen and oxygen atoms in total. The van der Waals surface area contributed by atoms with E-state index in [1.807, 2.05) is 30.3 Å². The second-order valence-corrected chi connectivity index (χ2v) is 8.27. The summed E-state index contributed by atoms with van der Waals surface area (Å²) in [6.45, 7) is 2.90. The highest BCUT2D eigenvalue weighted by atomic mass is 127. The molecule has 32 heavy (non-hydrogen) atoms. The predicted octanol–water partition coefficient (Wildman–Crippen LogP) is 4.46. The number of amides is 1. The van der Waals surface area contributed by atoms with E-state index in [0.717, 1.165) is 56.3 Å². The van der Waals surface area contributed by atoms with Gasteiger partial charge in [0.25, 0.3) is 5.91 Å². The van der Waals surface area contributed by atoms with Gasteiger partial charge >= 0.3 is 0 Å². The molecule has 1 heterocycles. The van der Waals surface area contributed by atoms with Gasteiger partial charge in [-0.15, -0.1) is 24.0 Å². The van der Waals surface area contributed by atoms with Gasteiger partial charge in [-0.3, -0.25) is 9.79 Å². The third-order valence-corrected chi connectivity index (χ3v) is 5.58. The molecule has 2 aromatic rings. The minimum absolute atomic E-state index is 0. The number of guanidine groups is 1. The van der Waals surface area contributed by atoms with E-state index in [-0.39, 0.29) is 36.5 Å². The van der Waals surface area contributed by atoms with Crippen molar-refractivity contribution in [3.63, 3.8) is 0 Å². The third-order valence-electron chi connectivity index (χ3n) is 5.58. The number of halogens is 1. The van der Waals surface area contributed by atoms with Crippen LogP contribution in [0.1, 0.15) is 37.7 Å². The number of hydrogen-bond acceptors (Lipinski definition) is 3. The summed E-state index contributed by atoms with van der Waals surface area (Å²) >= 11 is 0. The first-order valence-electron chi connectivity index (χ1n) is 11.4. The van der Waals surface area contributed by atoms with E-state index in [9.17, 15) is 4.79 Å². The minimum atomic E-state index is -0.0444. The zero-order chi connectivity index (χ0) is 21.3. The molecule has 4 rings (SSSR count). The predicted molar refractivity (Wildman–Crippen MR) is 140 cm³/mol. The van der Waals surface area contributed by atoms with E-state index in [1.54, 1.807) is 0 Å². The molecule has 2 fully saturated rings. The number of nitrogens with one attached hydrogen (secondary N) is 2. The molecule has 2 aliphatic rings. The zero-order valence-corrected chi connectivity index (χ0v) is 20.8. The summed E-state index contributed by atoms with van der Waals surface area (Å²) < 4.78 is 5.58. The summed E-state index contributed by atoms with van der Waals surface area (Å²) in [7, 11) is 0. The summed E-state index contributed by atoms with van der Waals surface area (Å²) in [5, 5.41) is 6.44. The Kier molecular flexibility index (Phi) is 9.64. The molecule has 0 atom stereocenters. The van der Waals surface area contributed by atoms with Crippen LogP contribution < -0.4 is 15.4 Å². The van der Waals surface area contributed by atoms with Crippen LogP contribution in [0.5, 0.6) is 5.75 Å². The van der Waals surface area contributed by atoms with Crippen molar-refractivity contribution in [2.75, 3.05) is 31.6 Å². The number of carbonyl (C=O) groups is 1. The molecule has 2 aromatic carbocycles. The van der Waals surface area contributed by atoms with Crippen LogP contribution in [0, 0.1) is 0 Å². The molecule has 1 saturated heterocycles. The van der Waals surface area contributed by atoms with Gasteiger partial charge in [-0.1, -0.05) is 30.3 Å². The second-order valence-electron chi connectivity index (χ2n) is 8.27. The standard InChI is InChI=1S/C25H32N4O2.HI/c30-24(27-22-11-12-22)19-31-23-13-9-20(10-14-23)15-16-26-25(29-17-5-2-6-18-29)28-21-7-3-1-4-8-21;/h1,3-4,7-10,13-14,22H,2,5-6,11-12,15-19H2,(H,26,28)(H,27,30);1H. The molecule has 0 spiro atoms. The summed E-state index contributed by atoms with van der Waals surface area (Å²) in [6.07, 6.45) is 6.76. The minimum Gasteiger partial charge on any atom is -0.484 e. The molecule has 0 unspecified atom stereocenters. The lowest BCUT2D eigenvalue weighted by atomic mass is 10.1. The van der Waals surface area contributed by atoms with Crippen LogP contribution in [0.4, 0.5) is 5.69 Å². The van der Waals surface area contributed by atoms with Crippen molar-refractivity contribution in [2.24, 2.45) is 4.99 Å². The van der Waals surface area contributed by atoms with Crippen molar-refractivity contribution in [3.8, 4) is 5.75 Å². The smallest absolute Gasteiger partial charge is 0.258 e. The van der Waals surface area contributed by atoms with Gasteiger partial charge in [0.2, 0.25) is 0 Å². The molecule has 1 amide bonds. The number of hydrogen-bond donors (Lipinski definition) is 2. The SMILES string of the molecule is I.O=C(COc1ccc(CCN=C(Nc2ccccc2)N2CCCCC2)cc1)NC1CC1. The first-order valence-corrected chi connectivity index (χ1v) is 11.4. The number of ether oxygens (including phenoxy) is 1. The summed E-state index contributed by atoms with van der Waals surface area (Å²) in [5.41, 5.74) is 2.27. The molecule has 1 saturated carbocycles. The van der Waals surface area contributed by atoms with Gasteiger partial charge in [0, 0.05) is 31.4 Å². The molecule has 1 aliphatic heterocycles. The average molecular weight is 548 g/mol. The number of rotatable bonds is 8. The van der Waals surface area contributed by atoms with Crippen LogP contribution >= 0.6 is 24.0 Å². The molecule has 0 bridgehead atoms. The number of piperidine rings is 1. The topological polar surface area (TPSA) is 66.0 Å². The Hall–Kier alpha value is -2.29. The van der Waals surface area contributed by atoms with Gasteiger partial charge in [0.15, 0.2) is 12.6 Å². The Morgan fingerprint density at radius 1 is 1.00 bits per heavy atom. The maximum absolute atomic E-state index is 11.7. The number of benzene rings is 2. The normalized spacial score (nSPS) is 16.1. The third kappa shape index (κ3) is 8.00. The summed E-state index contributed by atoms with van der Waals surface area (Å²) in [6, 6.07) is 18.6. The zero-order valence-electron chi connectivity index (χ0n) is 18.5. The van der Waals surface area contributed by atoms with Crippen molar-refractivity contribution < 1.29 is 9.53 Å². The first kappa shape index (κ1) is 24.4. The van der Waals surface area contributed by atoms with Crippen molar-refractivity contribution in [1.82, 2.24) is 10.2 Å². The lowest BCUT2D eigenvalue weighted by Crippen LogP contribution is -2.40. The van der Waals surface area contributed by atoms with Crippen LogP contribution in [0.2, 0.25) is 0 Å². The van der Waals surface area contributed by atoms with Crippen LogP contribution in [0.25, 0.3) is 0 Å². The fourth-order valence-corrected chi connectivity index (χ4v) is 3.66. The Bertz CT molecular complexity index is 863. The number of aliphatic imine (C=N–C) groups is 1. The van der Waals surface area contributed by atoms with Crippen LogP contribution in [-0.4, -0.2) is 49.0 Å². The van der Waals surface area contributed by atoms with Crippen LogP contribution in [0.15, 0.2) is 59.6 Å². The fourth-order valence-electron chi connectivity index (χ4n) is 3.66. The lowest BCUT2D eigenvalue weighted by Gasteiger charge is -2.30. The molecule has 1 aliphatic carbocycles. The van der Waals surface area contributed by atoms with Gasteiger partial charge < -0.3 is 20.3 Å². The average Bonchev–Trinajstić information content (AvgIpc) is 3.63. The van der Waals surface area contributed by atoms with E-state index in [0.29, 0.717) is 6.04 Å². The van der Waals surface area contributed by atoms with E-state index in [4.69, 9.17) is 9.73 Å². The molecule has 172 valence electrons. The van der Waals surface area contributed by atoms with Crippen LogP contribution in [0.3, 0.4) is 0 Å². The Morgan fingerprint density at radius 3 is 2.41 bits per heavy atom. The number of carbonyl (C=O) groups excluding carboxylic acids is 1. The van der Waals surface area contributed by atoms with Crippen molar-refractivity contribution in [1.29, 1.82) is 0 Å². The molecule has 0 radical (unpaired) electrons. The molecule has 7 heteroatoms. The van der Waals surface area contributed by atoms with E-state index in [1.165, 1.54) is 24.8 Å². The Balaban J connectivity index is 0.00000289. The van der Waals surface area contributed by atoms with Crippen LogP contribution in [-0.2, 0) is 11.2 Å². The monoisotopic (exact) mass is 548 g/mol.